The Labute approximate surface area is 96.6 Å². The minimum atomic E-state index is -1.12. The van der Waals surface area contributed by atoms with Crippen molar-refractivity contribution in [3.8, 4) is 5.75 Å². The Bertz CT molecular complexity index is 346. The summed E-state index contributed by atoms with van der Waals surface area (Å²) in [7, 11) is 0. The van der Waals surface area contributed by atoms with Crippen LogP contribution in [0, 0.1) is 5.82 Å². The lowest BCUT2D eigenvalue weighted by Gasteiger charge is -2.06. The SMILES string of the molecule is Br.NCCOc1cc(C(=O)O)ccc1F. The van der Waals surface area contributed by atoms with E-state index in [0.717, 1.165) is 12.1 Å². The largest absolute Gasteiger partial charge is 0.489 e. The molecule has 0 unspecified atom stereocenters. The maximum atomic E-state index is 13.0. The third-order valence-electron chi connectivity index (χ3n) is 1.55. The molecule has 0 aliphatic heterocycles. The minimum Gasteiger partial charge on any atom is -0.489 e. The van der Waals surface area contributed by atoms with Crippen LogP contribution in [0.1, 0.15) is 10.4 Å². The average Bonchev–Trinajstić information content (AvgIpc) is 2.16. The summed E-state index contributed by atoms with van der Waals surface area (Å²) in [5.74, 6) is -1.80. The van der Waals surface area contributed by atoms with Crippen molar-refractivity contribution in [1.82, 2.24) is 0 Å². The number of aromatic carboxylic acids is 1. The van der Waals surface area contributed by atoms with Gasteiger partial charge in [0.15, 0.2) is 11.6 Å². The molecule has 84 valence electrons. The molecule has 0 aliphatic rings. The first-order chi connectivity index (χ1) is 6.65. The molecule has 1 aromatic carbocycles. The molecular weight excluding hydrogens is 269 g/mol. The van der Waals surface area contributed by atoms with Crippen LogP contribution in [0.5, 0.6) is 5.75 Å². The highest BCUT2D eigenvalue weighted by molar-refractivity contribution is 8.93. The van der Waals surface area contributed by atoms with Gasteiger partial charge in [-0.25, -0.2) is 9.18 Å². The van der Waals surface area contributed by atoms with Crippen molar-refractivity contribution in [3.63, 3.8) is 0 Å². The first kappa shape index (κ1) is 13.9. The number of ether oxygens (including phenoxy) is 1. The van der Waals surface area contributed by atoms with Crippen LogP contribution in [-0.4, -0.2) is 24.2 Å². The molecule has 15 heavy (non-hydrogen) atoms. The molecule has 3 N–H and O–H groups in total. The molecule has 0 heterocycles. The van der Waals surface area contributed by atoms with Gasteiger partial charge >= 0.3 is 5.97 Å². The second-order valence-corrected chi connectivity index (χ2v) is 2.59. The van der Waals surface area contributed by atoms with E-state index in [1.54, 1.807) is 0 Å². The molecule has 1 rings (SSSR count). The fraction of sp³-hybridized carbons (Fsp3) is 0.222. The summed E-state index contributed by atoms with van der Waals surface area (Å²) < 4.78 is 17.9. The van der Waals surface area contributed by atoms with Gasteiger partial charge in [-0.3, -0.25) is 0 Å². The number of carboxylic acid groups (broad SMARTS) is 1. The topological polar surface area (TPSA) is 72.5 Å². The number of hydrogen-bond donors (Lipinski definition) is 2. The number of nitrogens with two attached hydrogens (primary N) is 1. The van der Waals surface area contributed by atoms with Gasteiger partial charge in [-0.05, 0) is 18.2 Å². The second-order valence-electron chi connectivity index (χ2n) is 2.59. The van der Waals surface area contributed by atoms with Gasteiger partial charge in [0.2, 0.25) is 0 Å². The monoisotopic (exact) mass is 279 g/mol. The normalized spacial score (nSPS) is 9.20. The van der Waals surface area contributed by atoms with Crippen molar-refractivity contribution in [2.24, 2.45) is 5.73 Å². The Morgan fingerprint density at radius 3 is 2.73 bits per heavy atom. The Kier molecular flexibility index (Phi) is 5.88. The lowest BCUT2D eigenvalue weighted by molar-refractivity contribution is 0.0696. The molecule has 0 saturated carbocycles. The third-order valence-corrected chi connectivity index (χ3v) is 1.55. The molecule has 1 aromatic rings. The van der Waals surface area contributed by atoms with E-state index in [1.807, 2.05) is 0 Å². The quantitative estimate of drug-likeness (QED) is 0.875. The molecule has 0 aromatic heterocycles. The highest BCUT2D eigenvalue weighted by atomic mass is 79.9. The fourth-order valence-corrected chi connectivity index (χ4v) is 0.916. The molecule has 0 fully saturated rings. The zero-order valence-electron chi connectivity index (χ0n) is 7.77. The summed E-state index contributed by atoms with van der Waals surface area (Å²) in [5, 5.41) is 8.62. The Morgan fingerprint density at radius 1 is 1.53 bits per heavy atom. The van der Waals surface area contributed by atoms with Crippen LogP contribution in [0.3, 0.4) is 0 Å². The van der Waals surface area contributed by atoms with Gasteiger partial charge < -0.3 is 15.6 Å². The maximum absolute atomic E-state index is 13.0. The summed E-state index contributed by atoms with van der Waals surface area (Å²) in [6.45, 7) is 0.400. The zero-order valence-corrected chi connectivity index (χ0v) is 9.49. The van der Waals surface area contributed by atoms with Crippen LogP contribution in [0.4, 0.5) is 4.39 Å². The van der Waals surface area contributed by atoms with Gasteiger partial charge in [-0.15, -0.1) is 17.0 Å². The molecule has 6 heteroatoms. The van der Waals surface area contributed by atoms with Crippen LogP contribution in [0.25, 0.3) is 0 Å². The van der Waals surface area contributed by atoms with E-state index in [4.69, 9.17) is 15.6 Å². The number of benzene rings is 1. The van der Waals surface area contributed by atoms with Crippen molar-refractivity contribution >= 4 is 23.0 Å². The average molecular weight is 280 g/mol. The van der Waals surface area contributed by atoms with Crippen molar-refractivity contribution in [2.45, 2.75) is 0 Å². The molecule has 0 saturated heterocycles. The highest BCUT2D eigenvalue weighted by Gasteiger charge is 2.08. The Hall–Kier alpha value is -1.14. The van der Waals surface area contributed by atoms with E-state index in [1.165, 1.54) is 6.07 Å². The zero-order chi connectivity index (χ0) is 10.6. The van der Waals surface area contributed by atoms with E-state index < -0.39 is 11.8 Å². The van der Waals surface area contributed by atoms with Crippen molar-refractivity contribution < 1.29 is 19.0 Å². The van der Waals surface area contributed by atoms with E-state index in [9.17, 15) is 9.18 Å². The van der Waals surface area contributed by atoms with Gasteiger partial charge in [-0.2, -0.15) is 0 Å². The molecule has 0 atom stereocenters. The van der Waals surface area contributed by atoms with Crippen molar-refractivity contribution in [2.75, 3.05) is 13.2 Å². The van der Waals surface area contributed by atoms with Crippen LogP contribution >= 0.6 is 17.0 Å². The Morgan fingerprint density at radius 2 is 2.20 bits per heavy atom. The van der Waals surface area contributed by atoms with Gasteiger partial charge in [0, 0.05) is 6.54 Å². The molecule has 0 aliphatic carbocycles. The summed E-state index contributed by atoms with van der Waals surface area (Å²) in [6.07, 6.45) is 0. The summed E-state index contributed by atoms with van der Waals surface area (Å²) in [6, 6.07) is 3.36. The van der Waals surface area contributed by atoms with Gasteiger partial charge in [0.25, 0.3) is 0 Å². The molecule has 0 radical (unpaired) electrons. The van der Waals surface area contributed by atoms with Gasteiger partial charge in [0.05, 0.1) is 5.56 Å². The smallest absolute Gasteiger partial charge is 0.335 e. The lowest BCUT2D eigenvalue weighted by Crippen LogP contribution is -2.11. The number of halogens is 2. The number of hydrogen-bond acceptors (Lipinski definition) is 3. The summed E-state index contributed by atoms with van der Waals surface area (Å²) in [4.78, 5) is 10.5. The second kappa shape index (κ2) is 6.36. The predicted molar refractivity (Wildman–Crippen MR) is 58.2 cm³/mol. The number of carboxylic acids is 1. The fourth-order valence-electron chi connectivity index (χ4n) is 0.916. The van der Waals surface area contributed by atoms with Crippen LogP contribution < -0.4 is 10.5 Å². The summed E-state index contributed by atoms with van der Waals surface area (Å²) >= 11 is 0. The molecule has 0 amide bonds. The molecule has 0 spiro atoms. The molecular formula is C9H11BrFNO3. The van der Waals surface area contributed by atoms with E-state index in [2.05, 4.69) is 0 Å². The third kappa shape index (κ3) is 3.85. The summed E-state index contributed by atoms with van der Waals surface area (Å²) in [5.41, 5.74) is 5.15. The van der Waals surface area contributed by atoms with E-state index in [0.29, 0.717) is 0 Å². The van der Waals surface area contributed by atoms with Crippen molar-refractivity contribution in [3.05, 3.63) is 29.6 Å². The number of rotatable bonds is 4. The van der Waals surface area contributed by atoms with Crippen molar-refractivity contribution in [1.29, 1.82) is 0 Å². The lowest BCUT2D eigenvalue weighted by atomic mass is 10.2. The first-order valence-corrected chi connectivity index (χ1v) is 4.01. The van der Waals surface area contributed by atoms with Crippen LogP contribution in [0.15, 0.2) is 18.2 Å². The van der Waals surface area contributed by atoms with Crippen LogP contribution in [-0.2, 0) is 0 Å². The molecule has 4 nitrogen and oxygen atoms in total. The number of carbonyl (C=O) groups is 1. The first-order valence-electron chi connectivity index (χ1n) is 4.01. The predicted octanol–water partition coefficient (Wildman–Crippen LogP) is 1.44. The van der Waals surface area contributed by atoms with E-state index in [-0.39, 0.29) is 41.4 Å². The van der Waals surface area contributed by atoms with Gasteiger partial charge in [0.1, 0.15) is 6.61 Å². The highest BCUT2D eigenvalue weighted by Crippen LogP contribution is 2.18. The molecule has 0 bridgehead atoms. The minimum absolute atomic E-state index is 0. The standard InChI is InChI=1S/C9H10FNO3.BrH/c10-7-2-1-6(9(12)13)5-8(7)14-4-3-11;/h1-2,5H,3-4,11H2,(H,12,13);1H. The maximum Gasteiger partial charge on any atom is 0.335 e. The van der Waals surface area contributed by atoms with Gasteiger partial charge in [-0.1, -0.05) is 0 Å². The van der Waals surface area contributed by atoms with Crippen LogP contribution in [0.2, 0.25) is 0 Å². The Balaban J connectivity index is 0.00000196. The van der Waals surface area contributed by atoms with E-state index >= 15 is 0 Å².